The highest BCUT2D eigenvalue weighted by atomic mass is 35.5. The number of ketones is 2. The maximum atomic E-state index is 13.6. The topological polar surface area (TPSA) is 200 Å². The molecule has 66 heavy (non-hydrogen) atoms. The Hall–Kier alpha value is -5.16. The van der Waals surface area contributed by atoms with E-state index in [1.54, 1.807) is 26.0 Å². The molecule has 0 spiro atoms. The summed E-state index contributed by atoms with van der Waals surface area (Å²) in [7, 11) is 0. The zero-order valence-corrected chi connectivity index (χ0v) is 40.8. The van der Waals surface area contributed by atoms with Crippen molar-refractivity contribution in [3.8, 4) is 0 Å². The van der Waals surface area contributed by atoms with Crippen LogP contribution in [-0.2, 0) is 32.0 Å². The van der Waals surface area contributed by atoms with Gasteiger partial charge in [0.2, 0.25) is 12.1 Å². The number of benzene rings is 5. The lowest BCUT2D eigenvalue weighted by Gasteiger charge is -2.18. The average molecular weight is 1050 g/mol. The second-order valence-electron chi connectivity index (χ2n) is 14.0. The van der Waals surface area contributed by atoms with Crippen molar-refractivity contribution in [2.75, 3.05) is 21.3 Å². The molecule has 0 aliphatic heterocycles. The van der Waals surface area contributed by atoms with E-state index in [4.69, 9.17) is 92.8 Å². The molecular weight excluding hydrogens is 1020 g/mol. The summed E-state index contributed by atoms with van der Waals surface area (Å²) < 4.78 is 0. The molecule has 5 aromatic carbocycles. The Kier molecular flexibility index (Phi) is 18.1. The first-order chi connectivity index (χ1) is 31.2. The average Bonchev–Trinajstić information content (AvgIpc) is 3.25. The standard InChI is InChI=1S/C44H34Cl8N8O6/c1-5-21-13-34(54-44(66)40(20(4)62)60-58-32-12-8-10-24(38(32)52)42(64)56-36-18-28(48)26(46)16-30(36)50)22(6-2)14-33(21)53-43(65)39(19(3)61)59-57-31-11-7-9-23(37(31)51)41(63)55-35-17-27(47)25(45)15-29(35)49/h7-18,39-40H,5-6H2,1-4H3,(H,53,65)(H,54,66)(H,55,63)(H,56,64). The van der Waals surface area contributed by atoms with Gasteiger partial charge >= 0.3 is 0 Å². The van der Waals surface area contributed by atoms with Gasteiger partial charge in [0.15, 0.2) is 11.6 Å². The molecule has 0 fully saturated rings. The molecule has 342 valence electrons. The summed E-state index contributed by atoms with van der Waals surface area (Å²) in [6, 6.07) is 14.1. The minimum atomic E-state index is -1.63. The maximum Gasteiger partial charge on any atom is 0.258 e. The van der Waals surface area contributed by atoms with Gasteiger partial charge in [-0.1, -0.05) is 119 Å². The number of amides is 4. The van der Waals surface area contributed by atoms with E-state index in [0.29, 0.717) is 35.3 Å². The van der Waals surface area contributed by atoms with Gasteiger partial charge in [-0.05, 0) is 98.5 Å². The second-order valence-corrected chi connectivity index (χ2v) is 17.2. The number of azo groups is 2. The number of nitrogens with one attached hydrogen (secondary N) is 4. The van der Waals surface area contributed by atoms with Gasteiger partial charge in [0.05, 0.1) is 62.7 Å². The molecule has 4 amide bonds. The predicted molar refractivity (Wildman–Crippen MR) is 262 cm³/mol. The monoisotopic (exact) mass is 1050 g/mol. The molecular formula is C44H34Cl8N8O6. The quantitative estimate of drug-likeness (QED) is 0.0430. The van der Waals surface area contributed by atoms with Gasteiger partial charge in [-0.25, -0.2) is 0 Å². The first-order valence-electron chi connectivity index (χ1n) is 19.3. The maximum absolute atomic E-state index is 13.6. The fourth-order valence-electron chi connectivity index (χ4n) is 5.95. The van der Waals surface area contributed by atoms with Crippen molar-refractivity contribution in [1.82, 2.24) is 0 Å². The normalized spacial score (nSPS) is 12.2. The summed E-state index contributed by atoms with van der Waals surface area (Å²) in [5.74, 6) is -4.28. The lowest BCUT2D eigenvalue weighted by atomic mass is 10.0. The molecule has 5 rings (SSSR count). The van der Waals surface area contributed by atoms with E-state index in [1.807, 2.05) is 0 Å². The number of aryl methyl sites for hydroxylation is 2. The van der Waals surface area contributed by atoms with Crippen LogP contribution in [0.2, 0.25) is 40.2 Å². The van der Waals surface area contributed by atoms with Crippen LogP contribution in [0.3, 0.4) is 0 Å². The van der Waals surface area contributed by atoms with Gasteiger partial charge in [-0.3, -0.25) is 28.8 Å². The molecule has 0 aromatic heterocycles. The number of hydrogen-bond acceptors (Lipinski definition) is 10. The van der Waals surface area contributed by atoms with Crippen molar-refractivity contribution >= 4 is 162 Å². The highest BCUT2D eigenvalue weighted by Crippen LogP contribution is 2.37. The molecule has 0 saturated carbocycles. The third-order valence-electron chi connectivity index (χ3n) is 9.40. The van der Waals surface area contributed by atoms with Crippen LogP contribution in [0.4, 0.5) is 34.1 Å². The third kappa shape index (κ3) is 12.6. The van der Waals surface area contributed by atoms with Gasteiger partial charge in [-0.2, -0.15) is 20.5 Å². The van der Waals surface area contributed by atoms with Crippen LogP contribution in [0.5, 0.6) is 0 Å². The lowest BCUT2D eigenvalue weighted by Crippen LogP contribution is -2.33. The minimum Gasteiger partial charge on any atom is -0.323 e. The summed E-state index contributed by atoms with van der Waals surface area (Å²) in [6.07, 6.45) is 0.699. The molecule has 0 saturated heterocycles. The molecule has 2 atom stereocenters. The van der Waals surface area contributed by atoms with Gasteiger partial charge < -0.3 is 21.3 Å². The molecule has 0 heterocycles. The van der Waals surface area contributed by atoms with Crippen molar-refractivity contribution in [2.24, 2.45) is 20.5 Å². The number of carbonyl (C=O) groups excluding carboxylic acids is 6. The molecule has 0 aliphatic carbocycles. The van der Waals surface area contributed by atoms with E-state index in [2.05, 4.69) is 41.7 Å². The fourth-order valence-corrected chi connectivity index (χ4v) is 7.63. The molecule has 2 unspecified atom stereocenters. The molecule has 0 bridgehead atoms. The second kappa shape index (κ2) is 23.0. The van der Waals surface area contributed by atoms with E-state index in [-0.39, 0.29) is 74.1 Å². The lowest BCUT2D eigenvalue weighted by molar-refractivity contribution is -0.127. The van der Waals surface area contributed by atoms with Gasteiger partial charge in [0.25, 0.3) is 23.6 Å². The van der Waals surface area contributed by atoms with Gasteiger partial charge in [0, 0.05) is 11.4 Å². The number of nitrogens with zero attached hydrogens (tertiary/aromatic N) is 4. The SMILES string of the molecule is CCc1cc(NC(=O)C(N=Nc2cccc(C(=O)Nc3cc(Cl)c(Cl)cc3Cl)c2Cl)C(C)=O)c(CC)cc1NC(=O)C(N=Nc1cccc(C(=O)Nc2cc(Cl)c(Cl)cc2Cl)c1Cl)C(C)=O. The Morgan fingerprint density at radius 1 is 0.470 bits per heavy atom. The van der Waals surface area contributed by atoms with Crippen molar-refractivity contribution < 1.29 is 28.8 Å². The third-order valence-corrected chi connectivity index (χ3v) is 12.3. The van der Waals surface area contributed by atoms with Crippen LogP contribution in [0.25, 0.3) is 0 Å². The van der Waals surface area contributed by atoms with Crippen LogP contribution in [0.1, 0.15) is 59.5 Å². The largest absolute Gasteiger partial charge is 0.323 e. The number of hydrogen-bond donors (Lipinski definition) is 4. The van der Waals surface area contributed by atoms with Crippen LogP contribution < -0.4 is 21.3 Å². The van der Waals surface area contributed by atoms with Crippen LogP contribution >= 0.6 is 92.8 Å². The number of Topliss-reactive ketones (excluding diaryl/α,β-unsaturated/α-hetero) is 2. The van der Waals surface area contributed by atoms with Crippen LogP contribution in [0.15, 0.2) is 93.3 Å². The van der Waals surface area contributed by atoms with Crippen LogP contribution in [-0.4, -0.2) is 47.3 Å². The van der Waals surface area contributed by atoms with Crippen molar-refractivity contribution in [3.05, 3.63) is 135 Å². The van der Waals surface area contributed by atoms with E-state index < -0.39 is 47.3 Å². The first-order valence-corrected chi connectivity index (χ1v) is 22.4. The predicted octanol–water partition coefficient (Wildman–Crippen LogP) is 13.9. The first kappa shape index (κ1) is 51.8. The van der Waals surface area contributed by atoms with Gasteiger partial charge in [-0.15, -0.1) is 0 Å². The van der Waals surface area contributed by atoms with Crippen molar-refractivity contribution in [3.63, 3.8) is 0 Å². The number of halogens is 8. The van der Waals surface area contributed by atoms with E-state index >= 15 is 0 Å². The molecule has 0 aliphatic rings. The Balaban J connectivity index is 1.32. The van der Waals surface area contributed by atoms with E-state index in [0.717, 1.165) is 13.8 Å². The number of carbonyl (C=O) groups is 6. The van der Waals surface area contributed by atoms with Gasteiger partial charge in [0.1, 0.15) is 11.4 Å². The molecule has 5 aromatic rings. The Bertz CT molecular complexity index is 2670. The highest BCUT2D eigenvalue weighted by Gasteiger charge is 2.27. The summed E-state index contributed by atoms with van der Waals surface area (Å²) >= 11 is 49.6. The van der Waals surface area contributed by atoms with Crippen molar-refractivity contribution in [1.29, 1.82) is 0 Å². The Morgan fingerprint density at radius 3 is 1.15 bits per heavy atom. The summed E-state index contributed by atoms with van der Waals surface area (Å²) in [6.45, 7) is 5.92. The molecule has 0 radical (unpaired) electrons. The molecule has 14 nitrogen and oxygen atoms in total. The summed E-state index contributed by atoms with van der Waals surface area (Å²) in [5.41, 5.74) is 2.01. The highest BCUT2D eigenvalue weighted by molar-refractivity contribution is 6.45. The zero-order valence-electron chi connectivity index (χ0n) is 34.8. The smallest absolute Gasteiger partial charge is 0.258 e. The number of anilines is 4. The summed E-state index contributed by atoms with van der Waals surface area (Å²) in [4.78, 5) is 79.0. The summed E-state index contributed by atoms with van der Waals surface area (Å²) in [5, 5.41) is 27.4. The molecule has 22 heteroatoms. The molecule has 4 N–H and O–H groups in total. The number of rotatable bonds is 16. The Morgan fingerprint density at radius 2 is 0.818 bits per heavy atom. The van der Waals surface area contributed by atoms with E-state index in [9.17, 15) is 28.8 Å². The zero-order chi connectivity index (χ0) is 48.6. The Labute approximate surface area is 417 Å². The van der Waals surface area contributed by atoms with E-state index in [1.165, 1.54) is 60.7 Å². The fraction of sp³-hybridized carbons (Fsp3) is 0.182. The van der Waals surface area contributed by atoms with Crippen molar-refractivity contribution in [2.45, 2.75) is 52.6 Å². The van der Waals surface area contributed by atoms with Crippen LogP contribution in [0, 0.1) is 0 Å². The minimum absolute atomic E-state index is 0.0132.